The minimum Gasteiger partial charge on any atom is -0.366 e. The first kappa shape index (κ1) is 28.0. The number of nitrogens with one attached hydrogen (secondary N) is 3. The maximum Gasteiger partial charge on any atom is 0.421 e. The second-order valence-corrected chi connectivity index (χ2v) is 9.50. The smallest absolute Gasteiger partial charge is 0.366 e. The molecule has 3 rings (SSSR count). The van der Waals surface area contributed by atoms with Gasteiger partial charge in [0.15, 0.2) is 0 Å². The molecule has 1 aromatic carbocycles. The van der Waals surface area contributed by atoms with Crippen molar-refractivity contribution in [2.75, 3.05) is 36.2 Å². The van der Waals surface area contributed by atoms with Crippen molar-refractivity contribution in [2.45, 2.75) is 58.3 Å². The Labute approximate surface area is 214 Å². The normalized spacial score (nSPS) is 17.4. The van der Waals surface area contributed by atoms with Gasteiger partial charge in [0.2, 0.25) is 11.9 Å². The second kappa shape index (κ2) is 11.7. The molecule has 0 radical (unpaired) electrons. The van der Waals surface area contributed by atoms with E-state index in [2.05, 4.69) is 25.9 Å². The number of hydrogen-bond donors (Lipinski definition) is 3. The summed E-state index contributed by atoms with van der Waals surface area (Å²) >= 11 is 0. The summed E-state index contributed by atoms with van der Waals surface area (Å²) in [5, 5.41) is 8.65. The van der Waals surface area contributed by atoms with Crippen LogP contribution in [0.2, 0.25) is 0 Å². The van der Waals surface area contributed by atoms with Crippen molar-refractivity contribution in [2.24, 2.45) is 5.92 Å². The Hall–Kier alpha value is -3.57. The van der Waals surface area contributed by atoms with Gasteiger partial charge in [0.05, 0.1) is 5.92 Å². The minimum atomic E-state index is -4.67. The summed E-state index contributed by atoms with van der Waals surface area (Å²) < 4.78 is 41.2. The second-order valence-electron chi connectivity index (χ2n) is 9.50. The Morgan fingerprint density at radius 3 is 2.38 bits per heavy atom. The zero-order valence-corrected chi connectivity index (χ0v) is 21.7. The molecule has 0 spiro atoms. The van der Waals surface area contributed by atoms with E-state index in [9.17, 15) is 22.8 Å². The van der Waals surface area contributed by atoms with Gasteiger partial charge in [-0.3, -0.25) is 9.69 Å². The zero-order valence-electron chi connectivity index (χ0n) is 21.7. The molecule has 0 aliphatic heterocycles. The van der Waals surface area contributed by atoms with Crippen LogP contribution in [0.1, 0.15) is 45.6 Å². The van der Waals surface area contributed by atoms with E-state index in [4.69, 9.17) is 0 Å². The molecule has 0 unspecified atom stereocenters. The van der Waals surface area contributed by atoms with Crippen LogP contribution in [0.15, 0.2) is 30.5 Å². The van der Waals surface area contributed by atoms with Crippen LogP contribution >= 0.6 is 0 Å². The van der Waals surface area contributed by atoms with Gasteiger partial charge in [-0.2, -0.15) is 18.2 Å². The first-order chi connectivity index (χ1) is 17.4. The van der Waals surface area contributed by atoms with Crippen molar-refractivity contribution < 1.29 is 22.8 Å². The maximum absolute atomic E-state index is 13.7. The van der Waals surface area contributed by atoms with Crippen molar-refractivity contribution in [1.29, 1.82) is 0 Å². The number of anilines is 4. The Kier molecular flexibility index (Phi) is 8.82. The molecule has 1 heterocycles. The SMILES string of the molecule is CCN(C(=O)N(C)C)c1ccc(Nc2ncc(C(F)(F)F)c(N[C@@H]3CCC[C@@H]3C(=O)NC(C)C)n2)cc1. The van der Waals surface area contributed by atoms with Gasteiger partial charge in [0.25, 0.3) is 0 Å². The van der Waals surface area contributed by atoms with E-state index in [1.165, 1.54) is 4.90 Å². The molecule has 1 fully saturated rings. The summed E-state index contributed by atoms with van der Waals surface area (Å²) in [7, 11) is 3.33. The summed E-state index contributed by atoms with van der Waals surface area (Å²) in [4.78, 5) is 36.0. The van der Waals surface area contributed by atoms with Gasteiger partial charge in [-0.05, 0) is 57.9 Å². The van der Waals surface area contributed by atoms with Gasteiger partial charge < -0.3 is 20.9 Å². The lowest BCUT2D eigenvalue weighted by molar-refractivity contribution is -0.137. The third kappa shape index (κ3) is 7.01. The van der Waals surface area contributed by atoms with Crippen LogP contribution in [0.4, 0.5) is 41.1 Å². The molecule has 37 heavy (non-hydrogen) atoms. The molecule has 1 aromatic heterocycles. The number of halogens is 3. The summed E-state index contributed by atoms with van der Waals surface area (Å²) in [6.07, 6.45) is -2.06. The van der Waals surface area contributed by atoms with Crippen molar-refractivity contribution >= 4 is 35.1 Å². The molecule has 2 atom stereocenters. The van der Waals surface area contributed by atoms with Crippen molar-refractivity contribution in [3.63, 3.8) is 0 Å². The van der Waals surface area contributed by atoms with Gasteiger partial charge in [-0.25, -0.2) is 9.78 Å². The van der Waals surface area contributed by atoms with Gasteiger partial charge in [0, 0.05) is 50.3 Å². The molecule has 3 amide bonds. The molecule has 0 bridgehead atoms. The fourth-order valence-corrected chi connectivity index (χ4v) is 4.30. The van der Waals surface area contributed by atoms with Crippen LogP contribution in [-0.2, 0) is 11.0 Å². The molecule has 202 valence electrons. The third-order valence-corrected chi connectivity index (χ3v) is 6.06. The van der Waals surface area contributed by atoms with Gasteiger partial charge in [-0.15, -0.1) is 0 Å². The Morgan fingerprint density at radius 2 is 1.81 bits per heavy atom. The highest BCUT2D eigenvalue weighted by Crippen LogP contribution is 2.37. The van der Waals surface area contributed by atoms with Crippen LogP contribution in [0, 0.1) is 5.92 Å². The molecule has 0 saturated heterocycles. The molecule has 1 saturated carbocycles. The number of rotatable bonds is 8. The van der Waals surface area contributed by atoms with E-state index in [1.54, 1.807) is 43.3 Å². The number of hydrogen-bond acceptors (Lipinski definition) is 6. The average molecular weight is 522 g/mol. The number of urea groups is 1. The predicted molar refractivity (Wildman–Crippen MR) is 137 cm³/mol. The third-order valence-electron chi connectivity index (χ3n) is 6.06. The summed E-state index contributed by atoms with van der Waals surface area (Å²) in [5.41, 5.74) is 0.219. The zero-order chi connectivity index (χ0) is 27.3. The molecule has 12 heteroatoms. The topological polar surface area (TPSA) is 102 Å². The van der Waals surface area contributed by atoms with Crippen LogP contribution < -0.4 is 20.9 Å². The summed E-state index contributed by atoms with van der Waals surface area (Å²) in [6.45, 7) is 6.01. The van der Waals surface area contributed by atoms with Crippen LogP contribution in [-0.4, -0.2) is 59.5 Å². The van der Waals surface area contributed by atoms with Gasteiger partial charge >= 0.3 is 12.2 Å². The van der Waals surface area contributed by atoms with Crippen LogP contribution in [0.25, 0.3) is 0 Å². The van der Waals surface area contributed by atoms with E-state index in [-0.39, 0.29) is 29.7 Å². The van der Waals surface area contributed by atoms with E-state index >= 15 is 0 Å². The van der Waals surface area contributed by atoms with Gasteiger partial charge in [-0.1, -0.05) is 6.42 Å². The van der Waals surface area contributed by atoms with E-state index in [0.717, 1.165) is 12.6 Å². The molecular weight excluding hydrogens is 487 g/mol. The van der Waals surface area contributed by atoms with Crippen LogP contribution in [0.5, 0.6) is 0 Å². The van der Waals surface area contributed by atoms with E-state index < -0.39 is 23.7 Å². The van der Waals surface area contributed by atoms with E-state index in [0.29, 0.717) is 30.8 Å². The average Bonchev–Trinajstić information content (AvgIpc) is 3.27. The Bertz CT molecular complexity index is 1090. The lowest BCUT2D eigenvalue weighted by Gasteiger charge is -2.25. The minimum absolute atomic E-state index is 0.0267. The molecule has 3 N–H and O–H groups in total. The molecule has 1 aliphatic rings. The Morgan fingerprint density at radius 1 is 1.14 bits per heavy atom. The number of amides is 3. The highest BCUT2D eigenvalue weighted by atomic mass is 19.4. The molecular formula is C25H34F3N7O2. The number of alkyl halides is 3. The highest BCUT2D eigenvalue weighted by Gasteiger charge is 2.39. The Balaban J connectivity index is 1.82. The van der Waals surface area contributed by atoms with Crippen molar-refractivity contribution in [1.82, 2.24) is 20.2 Å². The lowest BCUT2D eigenvalue weighted by atomic mass is 10.0. The number of nitrogens with zero attached hydrogens (tertiary/aromatic N) is 4. The van der Waals surface area contributed by atoms with Crippen molar-refractivity contribution in [3.8, 4) is 0 Å². The summed E-state index contributed by atoms with van der Waals surface area (Å²) in [5.74, 6) is -1.03. The number of benzene rings is 1. The molecule has 1 aliphatic carbocycles. The maximum atomic E-state index is 13.7. The first-order valence-corrected chi connectivity index (χ1v) is 12.3. The predicted octanol–water partition coefficient (Wildman–Crippen LogP) is 4.85. The molecule has 2 aromatic rings. The van der Waals surface area contributed by atoms with E-state index in [1.807, 2.05) is 20.8 Å². The fourth-order valence-electron chi connectivity index (χ4n) is 4.30. The monoisotopic (exact) mass is 521 g/mol. The van der Waals surface area contributed by atoms with Crippen LogP contribution in [0.3, 0.4) is 0 Å². The number of carbonyl (C=O) groups excluding carboxylic acids is 2. The van der Waals surface area contributed by atoms with Crippen molar-refractivity contribution in [3.05, 3.63) is 36.0 Å². The largest absolute Gasteiger partial charge is 0.421 e. The molecule has 9 nitrogen and oxygen atoms in total. The number of aromatic nitrogens is 2. The first-order valence-electron chi connectivity index (χ1n) is 12.3. The van der Waals surface area contributed by atoms with Gasteiger partial charge in [0.1, 0.15) is 11.4 Å². The summed E-state index contributed by atoms with van der Waals surface area (Å²) in [6, 6.07) is 6.14. The number of carbonyl (C=O) groups is 2. The highest BCUT2D eigenvalue weighted by molar-refractivity contribution is 5.91. The quantitative estimate of drug-likeness (QED) is 0.459. The lowest BCUT2D eigenvalue weighted by Crippen LogP contribution is -2.41. The standard InChI is InChI=1S/C25H34F3N7O2/c1-6-35(24(37)34(4)5)17-12-10-16(11-13-17)31-23-29-14-19(25(26,27)28)21(33-23)32-20-9-7-8-18(20)22(36)30-15(2)3/h10-15,18,20H,6-9H2,1-5H3,(H,30,36)(H2,29,31,32,33)/t18-,20+/m0/s1. The fraction of sp³-hybridized carbons (Fsp3) is 0.520.